The zero-order valence-electron chi connectivity index (χ0n) is 33.1. The molecule has 0 atom stereocenters. The number of hydrogen-bond acceptors (Lipinski definition) is 11. The van der Waals surface area contributed by atoms with Crippen LogP contribution in [0, 0.1) is 13.8 Å². The second kappa shape index (κ2) is 20.0. The smallest absolute Gasteiger partial charge is 0.363 e. The second-order valence-electron chi connectivity index (χ2n) is 13.3. The Labute approximate surface area is 386 Å². The largest absolute Gasteiger partial charge is 0.417 e. The standard InChI is InChI=1S/C21H16Cl2F3N3O4S.C19H12Cl2F3N3O3S/c1-12-7-13(5-6-27-12)20(30)19-18(8-14(22)10-28-19)29(11-33-2)34(31,32)15-3-4-17(23)16(9-15)21(24,25)26;1-10-6-11(4-5-25-10)18(28)17-16(7-12(20)9-26-17)27-31(29,30)13-2-3-15(21)14(8-13)19(22,23)24/h3-10H,11H2,1-2H3;2-9,27H,1H3. The van der Waals surface area contributed by atoms with Gasteiger partial charge >= 0.3 is 12.4 Å². The van der Waals surface area contributed by atoms with Gasteiger partial charge in [0.1, 0.15) is 18.1 Å². The van der Waals surface area contributed by atoms with Crippen molar-refractivity contribution in [3.63, 3.8) is 0 Å². The summed E-state index contributed by atoms with van der Waals surface area (Å²) < 4.78 is 139. The quantitative estimate of drug-likeness (QED) is 0.0701. The number of anilines is 2. The van der Waals surface area contributed by atoms with E-state index in [1.807, 2.05) is 0 Å². The van der Waals surface area contributed by atoms with E-state index >= 15 is 0 Å². The molecule has 0 spiro atoms. The van der Waals surface area contributed by atoms with E-state index in [-0.39, 0.29) is 43.9 Å². The number of aromatic nitrogens is 4. The molecule has 0 aliphatic carbocycles. The Morgan fingerprint density at radius 2 is 1.11 bits per heavy atom. The van der Waals surface area contributed by atoms with Gasteiger partial charge in [0.25, 0.3) is 20.0 Å². The Hall–Kier alpha value is -5.42. The van der Waals surface area contributed by atoms with Crippen LogP contribution in [0.3, 0.4) is 0 Å². The molecule has 25 heteroatoms. The van der Waals surface area contributed by atoms with Crippen LogP contribution in [0.15, 0.2) is 107 Å². The lowest BCUT2D eigenvalue weighted by Gasteiger charge is -2.25. The van der Waals surface area contributed by atoms with E-state index in [1.54, 1.807) is 13.8 Å². The number of nitrogens with zero attached hydrogens (tertiary/aromatic N) is 5. The summed E-state index contributed by atoms with van der Waals surface area (Å²) in [4.78, 5) is 40.5. The number of hydrogen-bond donors (Lipinski definition) is 1. The summed E-state index contributed by atoms with van der Waals surface area (Å²) in [5.41, 5.74) is -2.38. The highest BCUT2D eigenvalue weighted by Crippen LogP contribution is 2.39. The fourth-order valence-electron chi connectivity index (χ4n) is 5.63. The minimum Gasteiger partial charge on any atom is -0.363 e. The molecule has 65 heavy (non-hydrogen) atoms. The molecule has 13 nitrogen and oxygen atoms in total. The molecule has 0 amide bonds. The Balaban J connectivity index is 0.000000245. The molecule has 0 radical (unpaired) electrons. The van der Waals surface area contributed by atoms with E-state index < -0.39 is 81.7 Å². The number of carbonyl (C=O) groups excluding carboxylic acids is 2. The van der Waals surface area contributed by atoms with Crippen molar-refractivity contribution in [2.24, 2.45) is 0 Å². The van der Waals surface area contributed by atoms with Crippen molar-refractivity contribution in [3.05, 3.63) is 163 Å². The number of aryl methyl sites for hydroxylation is 2. The number of alkyl halides is 6. The van der Waals surface area contributed by atoms with Gasteiger partial charge in [-0.05, 0) is 86.6 Å². The maximum absolute atomic E-state index is 13.4. The highest BCUT2D eigenvalue weighted by Gasteiger charge is 2.37. The van der Waals surface area contributed by atoms with E-state index in [4.69, 9.17) is 51.1 Å². The molecule has 6 aromatic rings. The molecule has 4 aromatic heterocycles. The molecule has 0 saturated carbocycles. The first-order valence-corrected chi connectivity index (χ1v) is 22.2. The highest BCUT2D eigenvalue weighted by molar-refractivity contribution is 7.93. The molecular formula is C40H28Cl4F6N6O7S2. The molecular weight excluding hydrogens is 996 g/mol. The Kier molecular flexibility index (Phi) is 15.6. The van der Waals surface area contributed by atoms with Crippen molar-refractivity contribution in [3.8, 4) is 0 Å². The molecule has 0 aliphatic rings. The van der Waals surface area contributed by atoms with Crippen molar-refractivity contribution >= 4 is 89.4 Å². The SMILES string of the molecule is COCN(c1cc(Cl)cnc1C(=O)c1ccnc(C)c1)S(=O)(=O)c1ccc(Cl)c(C(F)(F)F)c1.Cc1cc(C(=O)c2ncc(Cl)cc2NS(=O)(=O)c2ccc(Cl)c(C(F)(F)F)c2)ccn1. The molecule has 4 heterocycles. The fraction of sp³-hybridized carbons (Fsp3) is 0.150. The topological polar surface area (TPSA) is 178 Å². The molecule has 6 rings (SSSR count). The van der Waals surface area contributed by atoms with Gasteiger partial charge in [-0.1, -0.05) is 46.4 Å². The van der Waals surface area contributed by atoms with Crippen molar-refractivity contribution in [1.29, 1.82) is 0 Å². The van der Waals surface area contributed by atoms with Crippen molar-refractivity contribution in [1.82, 2.24) is 19.9 Å². The zero-order valence-corrected chi connectivity index (χ0v) is 37.8. The first-order chi connectivity index (χ1) is 30.2. The zero-order chi connectivity index (χ0) is 48.2. The number of methoxy groups -OCH3 is 1. The first-order valence-electron chi connectivity index (χ1n) is 17.8. The lowest BCUT2D eigenvalue weighted by molar-refractivity contribution is -0.138. The summed E-state index contributed by atoms with van der Waals surface area (Å²) in [6.07, 6.45) is -4.67. The number of ketones is 2. The predicted molar refractivity (Wildman–Crippen MR) is 229 cm³/mol. The van der Waals surface area contributed by atoms with Gasteiger partial charge in [-0.25, -0.2) is 31.1 Å². The molecule has 0 unspecified atom stereocenters. The molecule has 0 saturated heterocycles. The van der Waals surface area contributed by atoms with Crippen LogP contribution in [0.25, 0.3) is 0 Å². The Morgan fingerprint density at radius 1 is 0.646 bits per heavy atom. The number of pyridine rings is 4. The molecule has 0 bridgehead atoms. The molecule has 342 valence electrons. The first kappa shape index (κ1) is 50.6. The third kappa shape index (κ3) is 12.1. The van der Waals surface area contributed by atoms with Crippen molar-refractivity contribution < 1.29 is 57.5 Å². The molecule has 0 aliphatic heterocycles. The summed E-state index contributed by atoms with van der Waals surface area (Å²) in [6.45, 7) is 2.67. The summed E-state index contributed by atoms with van der Waals surface area (Å²) in [5.74, 6) is -1.28. The Bertz CT molecular complexity index is 3040. The van der Waals surface area contributed by atoms with E-state index in [0.29, 0.717) is 27.8 Å². The van der Waals surface area contributed by atoms with E-state index in [1.165, 1.54) is 43.8 Å². The van der Waals surface area contributed by atoms with E-state index in [0.717, 1.165) is 48.8 Å². The third-order valence-electron chi connectivity index (χ3n) is 8.58. The predicted octanol–water partition coefficient (Wildman–Crippen LogP) is 10.3. The lowest BCUT2D eigenvalue weighted by atomic mass is 10.1. The van der Waals surface area contributed by atoms with E-state index in [9.17, 15) is 52.8 Å². The number of halogens is 10. The van der Waals surface area contributed by atoms with Gasteiger partial charge in [-0.3, -0.25) is 24.3 Å². The van der Waals surface area contributed by atoms with Crippen molar-refractivity contribution in [2.45, 2.75) is 36.0 Å². The molecule has 1 N–H and O–H groups in total. The van der Waals surface area contributed by atoms with Crippen LogP contribution in [-0.2, 0) is 37.1 Å². The number of benzene rings is 2. The van der Waals surface area contributed by atoms with Gasteiger partial charge in [0.15, 0.2) is 0 Å². The second-order valence-corrected chi connectivity index (χ2v) is 18.5. The molecule has 0 fully saturated rings. The molecule has 2 aromatic carbocycles. The highest BCUT2D eigenvalue weighted by atomic mass is 35.5. The lowest BCUT2D eigenvalue weighted by Crippen LogP contribution is -2.34. The van der Waals surface area contributed by atoms with Crippen LogP contribution in [-0.4, -0.2) is 62.2 Å². The van der Waals surface area contributed by atoms with Crippen LogP contribution >= 0.6 is 46.4 Å². The summed E-state index contributed by atoms with van der Waals surface area (Å²) in [7, 11) is -8.06. The minimum absolute atomic E-state index is 0.00671. The van der Waals surface area contributed by atoms with Gasteiger partial charge < -0.3 is 4.74 Å². The van der Waals surface area contributed by atoms with Crippen LogP contribution in [0.2, 0.25) is 20.1 Å². The van der Waals surface area contributed by atoms with Gasteiger partial charge in [0.2, 0.25) is 11.6 Å². The van der Waals surface area contributed by atoms with Crippen LogP contribution < -0.4 is 9.03 Å². The summed E-state index contributed by atoms with van der Waals surface area (Å²) in [5, 5.41) is -1.33. The third-order valence-corrected chi connectivity index (χ3v) is 12.7. The average molecular weight is 1020 g/mol. The summed E-state index contributed by atoms with van der Waals surface area (Å²) in [6, 6.07) is 12.4. The average Bonchev–Trinajstić information content (AvgIpc) is 3.21. The Morgan fingerprint density at radius 3 is 1.60 bits per heavy atom. The van der Waals surface area contributed by atoms with Gasteiger partial charge in [0, 0.05) is 54.4 Å². The van der Waals surface area contributed by atoms with E-state index in [2.05, 4.69) is 24.7 Å². The van der Waals surface area contributed by atoms with Crippen LogP contribution in [0.5, 0.6) is 0 Å². The normalized spacial score (nSPS) is 12.0. The van der Waals surface area contributed by atoms with Crippen LogP contribution in [0.4, 0.5) is 37.7 Å². The van der Waals surface area contributed by atoms with Gasteiger partial charge in [0.05, 0.1) is 52.4 Å². The summed E-state index contributed by atoms with van der Waals surface area (Å²) >= 11 is 23.1. The minimum atomic E-state index is -4.90. The monoisotopic (exact) mass is 1020 g/mol. The number of ether oxygens (including phenoxy) is 1. The number of sulfonamides is 2. The fourth-order valence-corrected chi connectivity index (χ4v) is 8.87. The maximum atomic E-state index is 13.4. The van der Waals surface area contributed by atoms with Crippen LogP contribution in [0.1, 0.15) is 54.6 Å². The number of rotatable bonds is 12. The van der Waals surface area contributed by atoms with Gasteiger partial charge in [-0.2, -0.15) is 26.3 Å². The maximum Gasteiger partial charge on any atom is 0.417 e. The number of carbonyl (C=O) groups is 2. The van der Waals surface area contributed by atoms with Gasteiger partial charge in [-0.15, -0.1) is 0 Å². The van der Waals surface area contributed by atoms with Crippen molar-refractivity contribution in [2.75, 3.05) is 22.9 Å². The number of nitrogens with one attached hydrogen (secondary N) is 1.